The molecule has 0 bridgehead atoms. The Morgan fingerprint density at radius 2 is 2.07 bits per heavy atom. The topological polar surface area (TPSA) is 66.5 Å². The number of anilines is 1. The summed E-state index contributed by atoms with van der Waals surface area (Å²) >= 11 is 10.7. The number of benzene rings is 1. The van der Waals surface area contributed by atoms with Gasteiger partial charge in [0.15, 0.2) is 0 Å². The molecule has 4 rings (SSSR count). The Labute approximate surface area is 193 Å². The van der Waals surface area contributed by atoms with E-state index in [9.17, 15) is 17.6 Å². The highest BCUT2D eigenvalue weighted by Crippen LogP contribution is 2.40. The van der Waals surface area contributed by atoms with E-state index in [1.54, 1.807) is 6.07 Å². The first-order chi connectivity index (χ1) is 13.8. The van der Waals surface area contributed by atoms with Gasteiger partial charge < -0.3 is 4.90 Å². The molecule has 152 valence electrons. The molecule has 11 heteroatoms. The summed E-state index contributed by atoms with van der Waals surface area (Å²) in [4.78, 5) is 15.5. The molecule has 29 heavy (non-hydrogen) atoms. The average molecular weight is 583 g/mol. The minimum absolute atomic E-state index is 0.0394. The van der Waals surface area contributed by atoms with Crippen molar-refractivity contribution in [3.63, 3.8) is 0 Å². The van der Waals surface area contributed by atoms with Crippen molar-refractivity contribution >= 4 is 78.5 Å². The fourth-order valence-electron chi connectivity index (χ4n) is 3.03. The molecule has 0 radical (unpaired) electrons. The summed E-state index contributed by atoms with van der Waals surface area (Å²) in [6.45, 7) is 0.231. The van der Waals surface area contributed by atoms with Crippen LogP contribution in [0.2, 0.25) is 5.02 Å². The monoisotopic (exact) mass is 582 g/mol. The van der Waals surface area contributed by atoms with Crippen LogP contribution < -0.4 is 9.62 Å². The summed E-state index contributed by atoms with van der Waals surface area (Å²) in [6.07, 6.45) is 0.250. The molecule has 0 aliphatic carbocycles. The van der Waals surface area contributed by atoms with Gasteiger partial charge in [-0.25, -0.2) is 12.8 Å². The van der Waals surface area contributed by atoms with Crippen LogP contribution in [0.15, 0.2) is 46.0 Å². The van der Waals surface area contributed by atoms with Gasteiger partial charge in [0.2, 0.25) is 5.91 Å². The fourth-order valence-corrected chi connectivity index (χ4v) is 7.46. The molecule has 1 N–H and O–H groups in total. The highest BCUT2D eigenvalue weighted by atomic mass is 127. The number of hydrogen-bond donors (Lipinski definition) is 1. The second kappa shape index (κ2) is 8.23. The summed E-state index contributed by atoms with van der Waals surface area (Å²) in [7, 11) is -3.95. The van der Waals surface area contributed by atoms with Gasteiger partial charge in [0.1, 0.15) is 16.1 Å². The maximum Gasteiger partial charge on any atom is 0.250 e. The second-order valence-corrected chi connectivity index (χ2v) is 11.9. The Morgan fingerprint density at radius 1 is 1.28 bits per heavy atom. The molecule has 3 aromatic rings. The van der Waals surface area contributed by atoms with Gasteiger partial charge in [-0.05, 0) is 64.7 Å². The first-order valence-electron chi connectivity index (χ1n) is 8.38. The number of carbonyl (C=O) groups excluding carboxylic acids is 1. The molecular weight excluding hydrogens is 570 g/mol. The predicted octanol–water partition coefficient (Wildman–Crippen LogP) is 4.96. The molecule has 1 saturated heterocycles. The van der Waals surface area contributed by atoms with E-state index in [2.05, 4.69) is 4.72 Å². The van der Waals surface area contributed by atoms with Crippen molar-refractivity contribution in [3.8, 4) is 9.75 Å². The van der Waals surface area contributed by atoms with Gasteiger partial charge in [-0.15, -0.1) is 22.7 Å². The van der Waals surface area contributed by atoms with Gasteiger partial charge in [-0.1, -0.05) is 17.7 Å². The average Bonchev–Trinajstić information content (AvgIpc) is 3.37. The summed E-state index contributed by atoms with van der Waals surface area (Å²) < 4.78 is 43.1. The zero-order valence-corrected chi connectivity index (χ0v) is 19.9. The van der Waals surface area contributed by atoms with E-state index in [0.717, 1.165) is 16.2 Å². The van der Waals surface area contributed by atoms with E-state index >= 15 is 0 Å². The molecule has 1 amide bonds. The molecule has 2 aromatic heterocycles. The number of nitrogens with zero attached hydrogens (tertiary/aromatic N) is 1. The molecule has 0 spiro atoms. The number of halogens is 3. The van der Waals surface area contributed by atoms with Gasteiger partial charge in [0.05, 0.1) is 15.6 Å². The Hall–Kier alpha value is -1.05. The van der Waals surface area contributed by atoms with Crippen LogP contribution in [0.4, 0.5) is 10.1 Å². The van der Waals surface area contributed by atoms with Crippen molar-refractivity contribution in [3.05, 3.63) is 56.2 Å². The summed E-state index contributed by atoms with van der Waals surface area (Å²) in [6, 6.07) is 8.71. The van der Waals surface area contributed by atoms with Crippen LogP contribution in [0.5, 0.6) is 0 Å². The molecule has 0 unspecified atom stereocenters. The van der Waals surface area contributed by atoms with E-state index in [1.807, 2.05) is 40.1 Å². The minimum Gasteiger partial charge on any atom is -0.308 e. The number of rotatable bonds is 5. The largest absolute Gasteiger partial charge is 0.308 e. The third-order valence-electron chi connectivity index (χ3n) is 4.38. The van der Waals surface area contributed by atoms with Gasteiger partial charge >= 0.3 is 0 Å². The molecule has 1 fully saturated rings. The van der Waals surface area contributed by atoms with E-state index in [4.69, 9.17) is 11.6 Å². The van der Waals surface area contributed by atoms with Gasteiger partial charge in [0, 0.05) is 15.0 Å². The molecule has 3 heterocycles. The van der Waals surface area contributed by atoms with Crippen LogP contribution in [0.1, 0.15) is 6.42 Å². The minimum atomic E-state index is -3.95. The molecule has 0 saturated carbocycles. The van der Waals surface area contributed by atoms with Crippen molar-refractivity contribution in [1.82, 2.24) is 4.72 Å². The van der Waals surface area contributed by atoms with Crippen LogP contribution in [-0.2, 0) is 14.8 Å². The Bertz CT molecular complexity index is 1180. The van der Waals surface area contributed by atoms with Gasteiger partial charge in [-0.3, -0.25) is 4.79 Å². The van der Waals surface area contributed by atoms with Crippen LogP contribution in [0.3, 0.4) is 0 Å². The first kappa shape index (κ1) is 21.2. The number of thiophene rings is 2. The standard InChI is InChI=1S/C18H13ClFIN2O3S3/c19-11-9-16(28-17(11)15-2-1-7-27-15)29(25,26)22-13-5-6-23(18(13)24)14-4-3-10(21)8-12(14)20/h1-4,7-9,13,22H,5-6H2/t13-/m0/s1. The van der Waals surface area contributed by atoms with Crippen molar-refractivity contribution in [2.75, 3.05) is 11.4 Å². The number of hydrogen-bond acceptors (Lipinski definition) is 5. The van der Waals surface area contributed by atoms with E-state index < -0.39 is 27.8 Å². The Kier molecular flexibility index (Phi) is 6.02. The van der Waals surface area contributed by atoms with Gasteiger partial charge in [0.25, 0.3) is 10.0 Å². The fraction of sp³-hybridized carbons (Fsp3) is 0.167. The van der Waals surface area contributed by atoms with Crippen LogP contribution in [-0.4, -0.2) is 26.9 Å². The van der Waals surface area contributed by atoms with Crippen molar-refractivity contribution in [2.24, 2.45) is 0 Å². The van der Waals surface area contributed by atoms with Crippen LogP contribution in [0.25, 0.3) is 9.75 Å². The molecule has 1 aliphatic rings. The van der Waals surface area contributed by atoms with Crippen molar-refractivity contribution < 1.29 is 17.6 Å². The molecule has 1 aliphatic heterocycles. The Balaban J connectivity index is 1.55. The lowest BCUT2D eigenvalue weighted by molar-refractivity contribution is -0.118. The lowest BCUT2D eigenvalue weighted by Crippen LogP contribution is -2.41. The predicted molar refractivity (Wildman–Crippen MR) is 123 cm³/mol. The van der Waals surface area contributed by atoms with E-state index in [0.29, 0.717) is 13.5 Å². The molecule has 1 atom stereocenters. The zero-order valence-electron chi connectivity index (χ0n) is 14.6. The highest BCUT2D eigenvalue weighted by molar-refractivity contribution is 14.1. The van der Waals surface area contributed by atoms with E-state index in [-0.39, 0.29) is 22.9 Å². The maximum atomic E-state index is 14.2. The quantitative estimate of drug-likeness (QED) is 0.433. The second-order valence-electron chi connectivity index (χ2n) is 6.27. The summed E-state index contributed by atoms with van der Waals surface area (Å²) in [5.41, 5.74) is 0.149. The zero-order chi connectivity index (χ0) is 20.8. The summed E-state index contributed by atoms with van der Waals surface area (Å²) in [5.74, 6) is -0.991. The maximum absolute atomic E-state index is 14.2. The van der Waals surface area contributed by atoms with Gasteiger partial charge in [-0.2, -0.15) is 4.72 Å². The van der Waals surface area contributed by atoms with E-state index in [1.165, 1.54) is 34.4 Å². The SMILES string of the molecule is O=C1[C@@H](NS(=O)(=O)c2cc(Cl)c(-c3cccs3)s2)CCN1c1ccc(I)cc1F. The lowest BCUT2D eigenvalue weighted by atomic mass is 10.2. The summed E-state index contributed by atoms with van der Waals surface area (Å²) in [5, 5.41) is 2.23. The highest BCUT2D eigenvalue weighted by Gasteiger charge is 2.37. The molecule has 1 aromatic carbocycles. The Morgan fingerprint density at radius 3 is 2.76 bits per heavy atom. The lowest BCUT2D eigenvalue weighted by Gasteiger charge is -2.18. The number of amides is 1. The first-order valence-corrected chi connectivity index (χ1v) is 13.0. The van der Waals surface area contributed by atoms with Crippen molar-refractivity contribution in [2.45, 2.75) is 16.7 Å². The number of sulfonamides is 1. The molecular formula is C18H13ClFIN2O3S3. The third-order valence-corrected chi connectivity index (χ3v) is 9.59. The number of nitrogens with one attached hydrogen (secondary N) is 1. The smallest absolute Gasteiger partial charge is 0.250 e. The van der Waals surface area contributed by atoms with Crippen LogP contribution in [0, 0.1) is 9.39 Å². The number of carbonyl (C=O) groups is 1. The van der Waals surface area contributed by atoms with Crippen LogP contribution >= 0.6 is 56.9 Å². The van der Waals surface area contributed by atoms with Crippen molar-refractivity contribution in [1.29, 1.82) is 0 Å². The third kappa shape index (κ3) is 4.23. The molecule has 5 nitrogen and oxygen atoms in total. The normalized spacial score (nSPS) is 17.3.